The molecule has 1 saturated carbocycles. The number of halogens is 3. The normalized spacial score (nSPS) is 30.9. The molecule has 0 unspecified atom stereocenters. The van der Waals surface area contributed by atoms with Gasteiger partial charge in [-0.3, -0.25) is 0 Å². The van der Waals surface area contributed by atoms with Gasteiger partial charge in [0.1, 0.15) is 5.41 Å². The molecule has 3 aliphatic rings. The molecule has 1 spiro atoms. The van der Waals surface area contributed by atoms with Gasteiger partial charge in [-0.05, 0) is 42.5 Å². The van der Waals surface area contributed by atoms with Crippen molar-refractivity contribution in [1.82, 2.24) is 0 Å². The fraction of sp³-hybridized carbons (Fsp3) is 0.800. The molecule has 0 radical (unpaired) electrons. The maximum Gasteiger partial charge on any atom is 0.438 e. The van der Waals surface area contributed by atoms with Crippen molar-refractivity contribution in [3.8, 4) is 0 Å². The second-order valence-corrected chi connectivity index (χ2v) is 10.8. The number of quaternary nitrogens is 1. The summed E-state index contributed by atoms with van der Waals surface area (Å²) in [6, 6.07) is 2.11. The average Bonchev–Trinajstić information content (AvgIpc) is 2.96. The van der Waals surface area contributed by atoms with Crippen LogP contribution in [0.25, 0.3) is 0 Å². The maximum absolute atomic E-state index is 13.3. The van der Waals surface area contributed by atoms with Crippen LogP contribution < -0.4 is 4.90 Å². The number of hydrogen-bond acceptors (Lipinski definition) is 2. The van der Waals surface area contributed by atoms with Crippen LogP contribution in [0.5, 0.6) is 0 Å². The van der Waals surface area contributed by atoms with Gasteiger partial charge in [-0.1, -0.05) is 13.8 Å². The molecule has 26 heavy (non-hydrogen) atoms. The van der Waals surface area contributed by atoms with Crippen LogP contribution in [0.2, 0.25) is 0 Å². The lowest BCUT2D eigenvalue weighted by atomic mass is 9.68. The molecule has 2 aliphatic heterocycles. The molecule has 0 atom stereocenters. The average molecular weight is 388 g/mol. The van der Waals surface area contributed by atoms with Gasteiger partial charge >= 0.3 is 6.18 Å². The fourth-order valence-corrected chi connectivity index (χ4v) is 6.50. The van der Waals surface area contributed by atoms with Gasteiger partial charge in [0.25, 0.3) is 0 Å². The highest BCUT2D eigenvalue weighted by molar-refractivity contribution is 7.08. The molecule has 3 fully saturated rings. The van der Waals surface area contributed by atoms with Crippen molar-refractivity contribution in [2.24, 2.45) is 16.7 Å². The lowest BCUT2D eigenvalue weighted by Gasteiger charge is -2.65. The number of hydrogen-bond donors (Lipinski definition) is 0. The summed E-state index contributed by atoms with van der Waals surface area (Å²) in [6.07, 6.45) is 0.436. The van der Waals surface area contributed by atoms with Crippen molar-refractivity contribution in [3.63, 3.8) is 0 Å². The molecule has 1 aromatic rings. The van der Waals surface area contributed by atoms with Gasteiger partial charge in [-0.2, -0.15) is 24.5 Å². The van der Waals surface area contributed by atoms with Gasteiger partial charge in [-0.25, -0.2) is 0 Å². The molecule has 6 heteroatoms. The molecule has 0 amide bonds. The van der Waals surface area contributed by atoms with Crippen molar-refractivity contribution >= 4 is 17.0 Å². The van der Waals surface area contributed by atoms with E-state index in [2.05, 4.69) is 35.6 Å². The van der Waals surface area contributed by atoms with E-state index in [0.29, 0.717) is 24.4 Å². The molecule has 1 aliphatic carbocycles. The zero-order valence-corrected chi connectivity index (χ0v) is 16.6. The van der Waals surface area contributed by atoms with Gasteiger partial charge in [0.05, 0.1) is 19.6 Å². The Morgan fingerprint density at radius 1 is 1.19 bits per heavy atom. The topological polar surface area (TPSA) is 3.24 Å². The molecular weight excluding hydrogens is 357 g/mol. The summed E-state index contributed by atoms with van der Waals surface area (Å²) in [6.45, 7) is 7.96. The first-order valence-electron chi connectivity index (χ1n) is 9.77. The Hall–Kier alpha value is -0.750. The smallest absolute Gasteiger partial charge is 0.369 e. The first-order chi connectivity index (χ1) is 12.1. The van der Waals surface area contributed by atoms with Gasteiger partial charge in [0, 0.05) is 30.1 Å². The molecular formula is C20H30F3N2S+. The number of anilines is 1. The maximum atomic E-state index is 13.3. The molecule has 0 aromatic carbocycles. The van der Waals surface area contributed by atoms with E-state index in [1.165, 1.54) is 5.69 Å². The predicted octanol–water partition coefficient (Wildman–Crippen LogP) is 5.16. The SMILES string of the molecule is CC1(C)CCC(C[N+]2(CC(F)(F)F)CC3(CN(c4ccsc4)C3)C2)CC1. The van der Waals surface area contributed by atoms with Crippen LogP contribution in [0, 0.1) is 16.7 Å². The second-order valence-electron chi connectivity index (χ2n) is 10.1. The highest BCUT2D eigenvalue weighted by Gasteiger charge is 2.64. The summed E-state index contributed by atoms with van der Waals surface area (Å²) in [7, 11) is 0. The van der Waals surface area contributed by atoms with Gasteiger partial charge in [0.15, 0.2) is 6.54 Å². The van der Waals surface area contributed by atoms with Crippen LogP contribution in [0.15, 0.2) is 16.8 Å². The summed E-state index contributed by atoms with van der Waals surface area (Å²) in [4.78, 5) is 2.32. The largest absolute Gasteiger partial charge is 0.438 e. The van der Waals surface area contributed by atoms with E-state index in [1.54, 1.807) is 11.3 Å². The van der Waals surface area contributed by atoms with E-state index < -0.39 is 12.7 Å². The van der Waals surface area contributed by atoms with E-state index in [-0.39, 0.29) is 9.90 Å². The molecule has 2 saturated heterocycles. The molecule has 2 nitrogen and oxygen atoms in total. The van der Waals surface area contributed by atoms with E-state index in [9.17, 15) is 13.2 Å². The van der Waals surface area contributed by atoms with Gasteiger partial charge < -0.3 is 9.38 Å². The Morgan fingerprint density at radius 3 is 2.38 bits per heavy atom. The van der Waals surface area contributed by atoms with Crippen LogP contribution in [0.1, 0.15) is 39.5 Å². The molecule has 1 aromatic heterocycles. The third kappa shape index (κ3) is 3.77. The third-order valence-electron chi connectivity index (χ3n) is 6.88. The van der Waals surface area contributed by atoms with E-state index >= 15 is 0 Å². The summed E-state index contributed by atoms with van der Waals surface area (Å²) in [5.41, 5.74) is 1.73. The Kier molecular flexibility index (Phi) is 4.39. The number of alkyl halides is 3. The Balaban J connectivity index is 1.38. The summed E-state index contributed by atoms with van der Waals surface area (Å²) in [5.74, 6) is 0.468. The minimum atomic E-state index is -4.06. The zero-order chi connectivity index (χ0) is 18.6. The van der Waals surface area contributed by atoms with Crippen LogP contribution >= 0.6 is 11.3 Å². The molecule has 146 valence electrons. The first kappa shape index (κ1) is 18.6. The Bertz CT molecular complexity index is 614. The number of rotatable bonds is 4. The van der Waals surface area contributed by atoms with Crippen LogP contribution in [-0.4, -0.2) is 49.9 Å². The summed E-state index contributed by atoms with van der Waals surface area (Å²) >= 11 is 1.68. The van der Waals surface area contributed by atoms with Crippen molar-refractivity contribution in [3.05, 3.63) is 16.8 Å². The molecule has 0 bridgehead atoms. The lowest BCUT2D eigenvalue weighted by molar-refractivity contribution is -0.994. The fourth-order valence-electron chi connectivity index (χ4n) is 5.84. The zero-order valence-electron chi connectivity index (χ0n) is 15.8. The van der Waals surface area contributed by atoms with Gasteiger partial charge in [0.2, 0.25) is 0 Å². The number of thiophene rings is 1. The molecule has 3 heterocycles. The number of likely N-dealkylation sites (tertiary alicyclic amines) is 1. The molecule has 4 rings (SSSR count). The monoisotopic (exact) mass is 387 g/mol. The van der Waals surface area contributed by atoms with Crippen molar-refractivity contribution in [1.29, 1.82) is 0 Å². The second kappa shape index (κ2) is 6.13. The minimum absolute atomic E-state index is 0.126. The van der Waals surface area contributed by atoms with Crippen molar-refractivity contribution < 1.29 is 17.7 Å². The summed E-state index contributed by atoms with van der Waals surface area (Å²) in [5, 5.41) is 4.20. The Morgan fingerprint density at radius 2 is 1.85 bits per heavy atom. The highest BCUT2D eigenvalue weighted by atomic mass is 32.1. The predicted molar refractivity (Wildman–Crippen MR) is 100 cm³/mol. The standard InChI is InChI=1S/C20H30F3N2S/c1-18(2)6-3-16(4-7-18)9-25(15-20(21,22)23)13-19(14-25)11-24(12-19)17-5-8-26-10-17/h5,8,10,16H,3-4,6-7,9,11-15H2,1-2H3/q+1. The van der Waals surface area contributed by atoms with E-state index in [0.717, 1.165) is 45.3 Å². The number of nitrogens with zero attached hydrogens (tertiary/aromatic N) is 2. The van der Waals surface area contributed by atoms with Crippen LogP contribution in [-0.2, 0) is 0 Å². The van der Waals surface area contributed by atoms with Crippen molar-refractivity contribution in [2.75, 3.05) is 44.2 Å². The van der Waals surface area contributed by atoms with E-state index in [1.807, 2.05) is 0 Å². The molecule has 0 N–H and O–H groups in total. The minimum Gasteiger partial charge on any atom is -0.369 e. The summed E-state index contributed by atoms with van der Waals surface area (Å²) < 4.78 is 40.2. The third-order valence-corrected chi connectivity index (χ3v) is 7.56. The van der Waals surface area contributed by atoms with Crippen LogP contribution in [0.4, 0.5) is 18.9 Å². The highest BCUT2D eigenvalue weighted by Crippen LogP contribution is 2.49. The van der Waals surface area contributed by atoms with Crippen LogP contribution in [0.3, 0.4) is 0 Å². The van der Waals surface area contributed by atoms with Crippen molar-refractivity contribution in [2.45, 2.75) is 45.7 Å². The van der Waals surface area contributed by atoms with E-state index in [4.69, 9.17) is 0 Å². The lowest BCUT2D eigenvalue weighted by Crippen LogP contribution is -2.81. The Labute approximate surface area is 158 Å². The quantitative estimate of drug-likeness (QED) is 0.645. The first-order valence-corrected chi connectivity index (χ1v) is 10.7. The van der Waals surface area contributed by atoms with Gasteiger partial charge in [-0.15, -0.1) is 0 Å².